The number of piperidine rings is 1. The van der Waals surface area contributed by atoms with Crippen LogP contribution in [0.15, 0.2) is 18.3 Å². The summed E-state index contributed by atoms with van der Waals surface area (Å²) in [5, 5.41) is 0. The molecule has 2 heterocycles. The number of hydrogen-bond donors (Lipinski definition) is 0. The van der Waals surface area contributed by atoms with E-state index in [0.29, 0.717) is 12.5 Å². The Bertz CT molecular complexity index is 581. The molecule has 0 aromatic carbocycles. The SMILES string of the molecule is CC1CC1C(=O)OCCC1CCCCN1C(=O)c1cccn1C. The predicted molar refractivity (Wildman–Crippen MR) is 86.9 cm³/mol. The van der Waals surface area contributed by atoms with E-state index in [0.717, 1.165) is 44.3 Å². The van der Waals surface area contributed by atoms with E-state index < -0.39 is 0 Å². The molecule has 1 aliphatic heterocycles. The van der Waals surface area contributed by atoms with E-state index in [2.05, 4.69) is 6.92 Å². The molecule has 2 fully saturated rings. The average molecular weight is 318 g/mol. The molecule has 5 nitrogen and oxygen atoms in total. The predicted octanol–water partition coefficient (Wildman–Crippen LogP) is 2.61. The number of aryl methyl sites for hydroxylation is 1. The van der Waals surface area contributed by atoms with Crippen molar-refractivity contribution in [3.8, 4) is 0 Å². The van der Waals surface area contributed by atoms with Gasteiger partial charge in [-0.1, -0.05) is 6.92 Å². The highest BCUT2D eigenvalue weighted by Gasteiger charge is 2.40. The number of aromatic nitrogens is 1. The lowest BCUT2D eigenvalue weighted by Gasteiger charge is -2.35. The quantitative estimate of drug-likeness (QED) is 0.784. The van der Waals surface area contributed by atoms with E-state index in [1.165, 1.54) is 0 Å². The maximum atomic E-state index is 12.7. The number of esters is 1. The fourth-order valence-electron chi connectivity index (χ4n) is 3.45. The zero-order valence-electron chi connectivity index (χ0n) is 14.0. The Kier molecular flexibility index (Phi) is 4.74. The van der Waals surface area contributed by atoms with Gasteiger partial charge in [0, 0.05) is 32.3 Å². The Morgan fingerprint density at radius 2 is 2.13 bits per heavy atom. The lowest BCUT2D eigenvalue weighted by Crippen LogP contribution is -2.44. The maximum Gasteiger partial charge on any atom is 0.309 e. The number of ether oxygens (including phenoxy) is 1. The molecule has 0 spiro atoms. The topological polar surface area (TPSA) is 51.5 Å². The summed E-state index contributed by atoms with van der Waals surface area (Å²) < 4.78 is 7.26. The van der Waals surface area contributed by atoms with Crippen LogP contribution in [0.25, 0.3) is 0 Å². The van der Waals surface area contributed by atoms with E-state index in [1.807, 2.05) is 34.8 Å². The van der Waals surface area contributed by atoms with Crippen molar-refractivity contribution in [2.24, 2.45) is 18.9 Å². The number of nitrogens with zero attached hydrogens (tertiary/aromatic N) is 2. The van der Waals surface area contributed by atoms with E-state index in [-0.39, 0.29) is 23.8 Å². The van der Waals surface area contributed by atoms with Crippen molar-refractivity contribution in [3.05, 3.63) is 24.0 Å². The zero-order chi connectivity index (χ0) is 16.4. The number of hydrogen-bond acceptors (Lipinski definition) is 3. The summed E-state index contributed by atoms with van der Waals surface area (Å²) in [7, 11) is 1.89. The summed E-state index contributed by atoms with van der Waals surface area (Å²) in [6.07, 6.45) is 6.77. The minimum Gasteiger partial charge on any atom is -0.465 e. The molecule has 23 heavy (non-hydrogen) atoms. The third-order valence-electron chi connectivity index (χ3n) is 5.16. The molecule has 1 saturated heterocycles. The van der Waals surface area contributed by atoms with Crippen molar-refractivity contribution in [1.82, 2.24) is 9.47 Å². The molecule has 1 saturated carbocycles. The summed E-state index contributed by atoms with van der Waals surface area (Å²) in [6.45, 7) is 3.29. The van der Waals surface area contributed by atoms with Gasteiger partial charge in [-0.05, 0) is 43.7 Å². The smallest absolute Gasteiger partial charge is 0.309 e. The monoisotopic (exact) mass is 318 g/mol. The lowest BCUT2D eigenvalue weighted by molar-refractivity contribution is -0.146. The van der Waals surface area contributed by atoms with Gasteiger partial charge in [0.2, 0.25) is 0 Å². The lowest BCUT2D eigenvalue weighted by atomic mass is 9.99. The molecule has 1 aromatic rings. The van der Waals surface area contributed by atoms with E-state index in [4.69, 9.17) is 4.74 Å². The van der Waals surface area contributed by atoms with Crippen LogP contribution in [0, 0.1) is 11.8 Å². The number of carbonyl (C=O) groups is 2. The first kappa shape index (κ1) is 16.1. The third-order valence-corrected chi connectivity index (χ3v) is 5.16. The molecule has 0 radical (unpaired) electrons. The molecule has 1 aromatic heterocycles. The van der Waals surface area contributed by atoms with Crippen molar-refractivity contribution in [2.75, 3.05) is 13.2 Å². The van der Waals surface area contributed by atoms with E-state index in [1.54, 1.807) is 0 Å². The molecule has 3 rings (SSSR count). The molecular formula is C18H26N2O3. The first-order valence-corrected chi connectivity index (χ1v) is 8.67. The summed E-state index contributed by atoms with van der Waals surface area (Å²) in [4.78, 5) is 26.5. The van der Waals surface area contributed by atoms with E-state index in [9.17, 15) is 9.59 Å². The van der Waals surface area contributed by atoms with Crippen LogP contribution in [-0.2, 0) is 16.6 Å². The summed E-state index contributed by atoms with van der Waals surface area (Å²) in [5.41, 5.74) is 0.723. The van der Waals surface area contributed by atoms with Gasteiger partial charge in [-0.3, -0.25) is 9.59 Å². The van der Waals surface area contributed by atoms with Crippen LogP contribution in [0.4, 0.5) is 0 Å². The second-order valence-electron chi connectivity index (χ2n) is 6.93. The van der Waals surface area contributed by atoms with Crippen molar-refractivity contribution in [3.63, 3.8) is 0 Å². The van der Waals surface area contributed by atoms with Crippen LogP contribution < -0.4 is 0 Å². The Hall–Kier alpha value is -1.78. The fraction of sp³-hybridized carbons (Fsp3) is 0.667. The standard InChI is InChI=1S/C18H26N2O3/c1-13-12-15(13)18(22)23-11-8-14-6-3-4-10-20(14)17(21)16-7-5-9-19(16)2/h5,7,9,13-15H,3-4,6,8,10-12H2,1-2H3. The number of rotatable bonds is 5. The highest BCUT2D eigenvalue weighted by atomic mass is 16.5. The Balaban J connectivity index is 1.55. The van der Waals surface area contributed by atoms with Gasteiger partial charge in [-0.25, -0.2) is 0 Å². The Labute approximate surface area is 137 Å². The van der Waals surface area contributed by atoms with Gasteiger partial charge in [0.05, 0.1) is 12.5 Å². The third kappa shape index (κ3) is 3.59. The van der Waals surface area contributed by atoms with Crippen LogP contribution in [-0.4, -0.2) is 40.5 Å². The molecule has 1 amide bonds. The summed E-state index contributed by atoms with van der Waals surface area (Å²) in [5.74, 6) is 0.619. The number of amides is 1. The molecular weight excluding hydrogens is 292 g/mol. The number of likely N-dealkylation sites (tertiary alicyclic amines) is 1. The molecule has 126 valence electrons. The second kappa shape index (κ2) is 6.77. The molecule has 0 bridgehead atoms. The number of carbonyl (C=O) groups excluding carboxylic acids is 2. The zero-order valence-corrected chi connectivity index (χ0v) is 14.0. The van der Waals surface area contributed by atoms with Crippen molar-refractivity contribution >= 4 is 11.9 Å². The first-order chi connectivity index (χ1) is 11.1. The molecule has 2 aliphatic rings. The van der Waals surface area contributed by atoms with Crippen molar-refractivity contribution in [2.45, 2.75) is 45.1 Å². The maximum absolute atomic E-state index is 12.7. The molecule has 1 aliphatic carbocycles. The normalized spacial score (nSPS) is 26.9. The highest BCUT2D eigenvalue weighted by molar-refractivity contribution is 5.93. The van der Waals surface area contributed by atoms with Gasteiger partial charge in [0.1, 0.15) is 5.69 Å². The summed E-state index contributed by atoms with van der Waals surface area (Å²) >= 11 is 0. The average Bonchev–Trinajstić information content (AvgIpc) is 3.13. The van der Waals surface area contributed by atoms with Gasteiger partial charge < -0.3 is 14.2 Å². The molecule has 3 atom stereocenters. The van der Waals surface area contributed by atoms with Crippen LogP contribution in [0.1, 0.15) is 49.5 Å². The minimum atomic E-state index is -0.0615. The van der Waals surface area contributed by atoms with Gasteiger partial charge in [-0.15, -0.1) is 0 Å². The van der Waals surface area contributed by atoms with Gasteiger partial charge >= 0.3 is 5.97 Å². The minimum absolute atomic E-state index is 0.0615. The Morgan fingerprint density at radius 3 is 2.78 bits per heavy atom. The molecule has 3 unspecified atom stereocenters. The van der Waals surface area contributed by atoms with E-state index >= 15 is 0 Å². The van der Waals surface area contributed by atoms with Crippen molar-refractivity contribution < 1.29 is 14.3 Å². The van der Waals surface area contributed by atoms with Crippen LogP contribution in [0.5, 0.6) is 0 Å². The largest absolute Gasteiger partial charge is 0.465 e. The molecule has 0 N–H and O–H groups in total. The molecule has 5 heteroatoms. The van der Waals surface area contributed by atoms with Gasteiger partial charge in [0.25, 0.3) is 5.91 Å². The second-order valence-corrected chi connectivity index (χ2v) is 6.93. The summed E-state index contributed by atoms with van der Waals surface area (Å²) in [6, 6.07) is 3.93. The van der Waals surface area contributed by atoms with Gasteiger partial charge in [-0.2, -0.15) is 0 Å². The Morgan fingerprint density at radius 1 is 1.35 bits per heavy atom. The van der Waals surface area contributed by atoms with Crippen LogP contribution >= 0.6 is 0 Å². The van der Waals surface area contributed by atoms with Gasteiger partial charge in [0.15, 0.2) is 0 Å². The fourth-order valence-corrected chi connectivity index (χ4v) is 3.45. The highest BCUT2D eigenvalue weighted by Crippen LogP contribution is 2.38. The van der Waals surface area contributed by atoms with Crippen LogP contribution in [0.2, 0.25) is 0 Å². The first-order valence-electron chi connectivity index (χ1n) is 8.67. The van der Waals surface area contributed by atoms with Crippen LogP contribution in [0.3, 0.4) is 0 Å². The van der Waals surface area contributed by atoms with Crippen molar-refractivity contribution in [1.29, 1.82) is 0 Å².